The quantitative estimate of drug-likeness (QED) is 0.518. The topological polar surface area (TPSA) is 126 Å². The molecule has 7 nitrogen and oxygen atoms in total. The summed E-state index contributed by atoms with van der Waals surface area (Å²) < 4.78 is 0. The second kappa shape index (κ2) is 5.42. The maximum Gasteiger partial charge on any atom is 0.334 e. The summed E-state index contributed by atoms with van der Waals surface area (Å²) in [7, 11) is 0. The van der Waals surface area contributed by atoms with Crippen molar-refractivity contribution in [2.75, 3.05) is 12.3 Å². The van der Waals surface area contributed by atoms with Crippen molar-refractivity contribution in [2.45, 2.75) is 12.5 Å². The highest BCUT2D eigenvalue weighted by molar-refractivity contribution is 7.13. The van der Waals surface area contributed by atoms with Crippen LogP contribution in [-0.4, -0.2) is 39.7 Å². The van der Waals surface area contributed by atoms with Gasteiger partial charge in [-0.05, 0) is 0 Å². The third-order valence-corrected chi connectivity index (χ3v) is 2.41. The van der Waals surface area contributed by atoms with E-state index in [1.807, 2.05) is 0 Å². The standard InChI is InChI=1S/C8H11N3O4S/c9-8-11-4(3-16-8)1-6(13)10-2-5(12)7(14)15/h3,5,12H,1-2H2,(H2,9,11)(H,10,13)(H,14,15). The number of nitrogens with two attached hydrogens (primary N) is 1. The molecule has 1 rings (SSSR count). The van der Waals surface area contributed by atoms with Crippen LogP contribution in [0.2, 0.25) is 0 Å². The second-order valence-corrected chi connectivity index (χ2v) is 3.90. The molecule has 8 heteroatoms. The summed E-state index contributed by atoms with van der Waals surface area (Å²) in [6.07, 6.45) is -1.58. The van der Waals surface area contributed by atoms with Crippen LogP contribution in [0.15, 0.2) is 5.38 Å². The van der Waals surface area contributed by atoms with E-state index < -0.39 is 18.0 Å². The van der Waals surface area contributed by atoms with E-state index >= 15 is 0 Å². The summed E-state index contributed by atoms with van der Waals surface area (Å²) in [5.74, 6) is -1.79. The van der Waals surface area contributed by atoms with E-state index in [1.54, 1.807) is 5.38 Å². The van der Waals surface area contributed by atoms with Gasteiger partial charge in [-0.3, -0.25) is 4.79 Å². The Hall–Kier alpha value is -1.67. The molecule has 16 heavy (non-hydrogen) atoms. The minimum Gasteiger partial charge on any atom is -0.479 e. The predicted octanol–water partition coefficient (Wildman–Crippen LogP) is -1.17. The number of aliphatic carboxylic acids is 1. The van der Waals surface area contributed by atoms with Gasteiger partial charge in [0.05, 0.1) is 18.7 Å². The van der Waals surface area contributed by atoms with Crippen molar-refractivity contribution in [3.63, 3.8) is 0 Å². The highest BCUT2D eigenvalue weighted by Crippen LogP contribution is 2.11. The Morgan fingerprint density at radius 2 is 2.31 bits per heavy atom. The Morgan fingerprint density at radius 3 is 2.81 bits per heavy atom. The molecule has 0 aliphatic heterocycles. The number of nitrogens with zero attached hydrogens (tertiary/aromatic N) is 1. The Kier molecular flexibility index (Phi) is 4.20. The number of anilines is 1. The number of thiazole rings is 1. The van der Waals surface area contributed by atoms with Crippen molar-refractivity contribution in [2.24, 2.45) is 0 Å². The smallest absolute Gasteiger partial charge is 0.334 e. The van der Waals surface area contributed by atoms with Crippen LogP contribution in [0.5, 0.6) is 0 Å². The Labute approximate surface area is 94.9 Å². The van der Waals surface area contributed by atoms with Crippen LogP contribution in [0.1, 0.15) is 5.69 Å². The summed E-state index contributed by atoms with van der Waals surface area (Å²) in [6.45, 7) is -0.326. The van der Waals surface area contributed by atoms with Gasteiger partial charge >= 0.3 is 5.97 Å². The van der Waals surface area contributed by atoms with Crippen molar-refractivity contribution in [3.8, 4) is 0 Å². The van der Waals surface area contributed by atoms with Crippen LogP contribution in [0, 0.1) is 0 Å². The lowest BCUT2D eigenvalue weighted by Crippen LogP contribution is -2.37. The average molecular weight is 245 g/mol. The number of rotatable bonds is 5. The van der Waals surface area contributed by atoms with Crippen molar-refractivity contribution < 1.29 is 19.8 Å². The minimum atomic E-state index is -1.59. The molecule has 1 heterocycles. The van der Waals surface area contributed by atoms with Crippen molar-refractivity contribution in [3.05, 3.63) is 11.1 Å². The molecular weight excluding hydrogens is 234 g/mol. The number of aromatic nitrogens is 1. The molecule has 1 unspecified atom stereocenters. The maximum atomic E-state index is 11.3. The molecule has 0 spiro atoms. The third-order valence-electron chi connectivity index (χ3n) is 1.69. The summed E-state index contributed by atoms with van der Waals surface area (Å²) >= 11 is 1.22. The first-order chi connectivity index (χ1) is 7.49. The zero-order chi connectivity index (χ0) is 12.1. The molecule has 5 N–H and O–H groups in total. The molecule has 0 fully saturated rings. The van der Waals surface area contributed by atoms with Gasteiger partial charge in [0.2, 0.25) is 5.91 Å². The lowest BCUT2D eigenvalue weighted by Gasteiger charge is -2.06. The van der Waals surface area contributed by atoms with Crippen LogP contribution < -0.4 is 11.1 Å². The summed E-state index contributed by atoms with van der Waals surface area (Å²) in [5, 5.41) is 21.5. The molecule has 0 aromatic carbocycles. The van der Waals surface area contributed by atoms with Crippen molar-refractivity contribution in [1.29, 1.82) is 0 Å². The van der Waals surface area contributed by atoms with Gasteiger partial charge in [0.25, 0.3) is 0 Å². The normalized spacial score (nSPS) is 12.1. The van der Waals surface area contributed by atoms with Gasteiger partial charge in [0.1, 0.15) is 0 Å². The highest BCUT2D eigenvalue weighted by atomic mass is 32.1. The van der Waals surface area contributed by atoms with E-state index in [0.717, 1.165) is 0 Å². The van der Waals surface area contributed by atoms with E-state index in [2.05, 4.69) is 10.3 Å². The number of hydrogen-bond donors (Lipinski definition) is 4. The van der Waals surface area contributed by atoms with E-state index in [0.29, 0.717) is 10.8 Å². The highest BCUT2D eigenvalue weighted by Gasteiger charge is 2.14. The fourth-order valence-corrected chi connectivity index (χ4v) is 1.49. The van der Waals surface area contributed by atoms with Crippen LogP contribution in [-0.2, 0) is 16.0 Å². The predicted molar refractivity (Wildman–Crippen MR) is 56.9 cm³/mol. The van der Waals surface area contributed by atoms with E-state index in [9.17, 15) is 9.59 Å². The number of nitrogen functional groups attached to an aromatic ring is 1. The van der Waals surface area contributed by atoms with Crippen LogP contribution in [0.3, 0.4) is 0 Å². The van der Waals surface area contributed by atoms with E-state index in [4.69, 9.17) is 15.9 Å². The fourth-order valence-electron chi connectivity index (χ4n) is 0.929. The Balaban J connectivity index is 2.34. The van der Waals surface area contributed by atoms with Crippen LogP contribution in [0.25, 0.3) is 0 Å². The number of hydrogen-bond acceptors (Lipinski definition) is 6. The number of carboxylic acid groups (broad SMARTS) is 1. The van der Waals surface area contributed by atoms with Gasteiger partial charge in [0.15, 0.2) is 11.2 Å². The maximum absolute atomic E-state index is 11.3. The van der Waals surface area contributed by atoms with Crippen molar-refractivity contribution >= 4 is 28.3 Å². The number of nitrogens with one attached hydrogen (secondary N) is 1. The molecular formula is C8H11N3O4S. The zero-order valence-electron chi connectivity index (χ0n) is 8.21. The lowest BCUT2D eigenvalue weighted by atomic mass is 10.3. The van der Waals surface area contributed by atoms with Gasteiger partial charge < -0.3 is 21.3 Å². The minimum absolute atomic E-state index is 0.0139. The molecule has 1 atom stereocenters. The van der Waals surface area contributed by atoms with Gasteiger partial charge in [-0.15, -0.1) is 11.3 Å². The molecule has 0 aliphatic rings. The Morgan fingerprint density at radius 1 is 1.62 bits per heavy atom. The molecule has 1 aromatic heterocycles. The first kappa shape index (κ1) is 12.4. The molecule has 1 amide bonds. The summed E-state index contributed by atoms with van der Waals surface area (Å²) in [5.41, 5.74) is 5.89. The van der Waals surface area contributed by atoms with Crippen LogP contribution >= 0.6 is 11.3 Å². The number of carboxylic acids is 1. The number of amides is 1. The number of carbonyl (C=O) groups excluding carboxylic acids is 1. The van der Waals surface area contributed by atoms with Crippen LogP contribution in [0.4, 0.5) is 5.13 Å². The van der Waals surface area contributed by atoms with Gasteiger partial charge in [-0.2, -0.15) is 0 Å². The number of aliphatic hydroxyl groups is 1. The molecule has 1 aromatic rings. The summed E-state index contributed by atoms with van der Waals surface area (Å²) in [4.78, 5) is 25.4. The number of aliphatic hydroxyl groups excluding tert-OH is 1. The van der Waals surface area contributed by atoms with Gasteiger partial charge in [-0.1, -0.05) is 0 Å². The largest absolute Gasteiger partial charge is 0.479 e. The lowest BCUT2D eigenvalue weighted by molar-refractivity contribution is -0.146. The van der Waals surface area contributed by atoms with Gasteiger partial charge in [-0.25, -0.2) is 9.78 Å². The van der Waals surface area contributed by atoms with E-state index in [1.165, 1.54) is 11.3 Å². The molecule has 0 bridgehead atoms. The monoisotopic (exact) mass is 245 g/mol. The second-order valence-electron chi connectivity index (χ2n) is 3.01. The first-order valence-electron chi connectivity index (χ1n) is 4.36. The first-order valence-corrected chi connectivity index (χ1v) is 5.24. The average Bonchev–Trinajstić information content (AvgIpc) is 2.60. The third kappa shape index (κ3) is 3.83. The van der Waals surface area contributed by atoms with Crippen molar-refractivity contribution in [1.82, 2.24) is 10.3 Å². The summed E-state index contributed by atoms with van der Waals surface area (Å²) in [6, 6.07) is 0. The molecule has 0 radical (unpaired) electrons. The molecule has 0 saturated heterocycles. The zero-order valence-corrected chi connectivity index (χ0v) is 9.03. The molecule has 88 valence electrons. The molecule has 0 saturated carbocycles. The Bertz CT molecular complexity index is 392. The fraction of sp³-hybridized carbons (Fsp3) is 0.375. The number of carbonyl (C=O) groups is 2. The SMILES string of the molecule is Nc1nc(CC(=O)NCC(O)C(=O)O)cs1. The van der Waals surface area contributed by atoms with Gasteiger partial charge in [0, 0.05) is 5.38 Å². The van der Waals surface area contributed by atoms with E-state index in [-0.39, 0.29) is 13.0 Å². The molecule has 0 aliphatic carbocycles.